The van der Waals surface area contributed by atoms with E-state index in [1.165, 1.54) is 19.3 Å². The summed E-state index contributed by atoms with van der Waals surface area (Å²) in [6.45, 7) is 9.87. The van der Waals surface area contributed by atoms with Crippen LogP contribution < -0.4 is 0 Å². The van der Waals surface area contributed by atoms with E-state index in [-0.39, 0.29) is 0 Å². The standard InChI is InChI=1S/C14H25N3/c1-12-9-13(2)11-14(10-12)17-7-5-16(4-3-15)6-8-17/h12-14H,4-11H2,1-2H3. The SMILES string of the molecule is CC1CC(C)CC(N2CCN(CC#N)CC2)C1. The summed E-state index contributed by atoms with van der Waals surface area (Å²) in [6, 6.07) is 3.06. The zero-order chi connectivity index (χ0) is 12.3. The van der Waals surface area contributed by atoms with Crippen molar-refractivity contribution in [2.75, 3.05) is 32.7 Å². The molecule has 2 atom stereocenters. The highest BCUT2D eigenvalue weighted by molar-refractivity contribution is 4.87. The molecule has 2 aliphatic rings. The molecular formula is C14H25N3. The Hall–Kier alpha value is -0.590. The summed E-state index contributed by atoms with van der Waals surface area (Å²) in [4.78, 5) is 4.94. The Morgan fingerprint density at radius 1 is 1.00 bits per heavy atom. The predicted molar refractivity (Wildman–Crippen MR) is 69.6 cm³/mol. The molecule has 0 aromatic heterocycles. The third kappa shape index (κ3) is 3.43. The van der Waals surface area contributed by atoms with Crippen LogP contribution in [0.3, 0.4) is 0 Å². The third-order valence-corrected chi connectivity index (χ3v) is 4.37. The van der Waals surface area contributed by atoms with Gasteiger partial charge in [-0.1, -0.05) is 13.8 Å². The number of hydrogen-bond acceptors (Lipinski definition) is 3. The minimum atomic E-state index is 0.602. The van der Waals surface area contributed by atoms with Gasteiger partial charge in [0.05, 0.1) is 12.6 Å². The molecule has 1 aliphatic heterocycles. The van der Waals surface area contributed by atoms with E-state index in [4.69, 9.17) is 5.26 Å². The first kappa shape index (κ1) is 12.9. The molecule has 2 rings (SSSR count). The van der Waals surface area contributed by atoms with Crippen molar-refractivity contribution in [1.29, 1.82) is 5.26 Å². The quantitative estimate of drug-likeness (QED) is 0.685. The summed E-state index contributed by atoms with van der Waals surface area (Å²) in [6.07, 6.45) is 4.16. The van der Waals surface area contributed by atoms with Crippen molar-refractivity contribution < 1.29 is 0 Å². The summed E-state index contributed by atoms with van der Waals surface area (Å²) in [7, 11) is 0. The maximum Gasteiger partial charge on any atom is 0.0866 e. The molecule has 1 heterocycles. The second kappa shape index (κ2) is 5.84. The third-order valence-electron chi connectivity index (χ3n) is 4.37. The van der Waals surface area contributed by atoms with Crippen molar-refractivity contribution in [3.05, 3.63) is 0 Å². The largest absolute Gasteiger partial charge is 0.298 e. The van der Waals surface area contributed by atoms with Crippen LogP contribution in [0.5, 0.6) is 0 Å². The first-order valence-corrected chi connectivity index (χ1v) is 7.02. The van der Waals surface area contributed by atoms with Gasteiger partial charge in [-0.25, -0.2) is 0 Å². The predicted octanol–water partition coefficient (Wildman–Crippen LogP) is 1.95. The summed E-state index contributed by atoms with van der Waals surface area (Å²) in [5, 5.41) is 8.70. The highest BCUT2D eigenvalue weighted by Crippen LogP contribution is 2.31. The van der Waals surface area contributed by atoms with Crippen LogP contribution in [0.4, 0.5) is 0 Å². The Morgan fingerprint density at radius 3 is 2.12 bits per heavy atom. The molecule has 0 bridgehead atoms. The fourth-order valence-electron chi connectivity index (χ4n) is 3.59. The van der Waals surface area contributed by atoms with Crippen LogP contribution in [0.25, 0.3) is 0 Å². The molecule has 0 radical (unpaired) electrons. The highest BCUT2D eigenvalue weighted by atomic mass is 15.3. The summed E-state index contributed by atoms with van der Waals surface area (Å²) < 4.78 is 0. The second-order valence-corrected chi connectivity index (χ2v) is 6.04. The molecule has 3 nitrogen and oxygen atoms in total. The van der Waals surface area contributed by atoms with Gasteiger partial charge in [0.25, 0.3) is 0 Å². The van der Waals surface area contributed by atoms with Gasteiger partial charge in [0.2, 0.25) is 0 Å². The summed E-state index contributed by atoms with van der Waals surface area (Å²) in [5.74, 6) is 1.78. The van der Waals surface area contributed by atoms with Gasteiger partial charge in [-0.2, -0.15) is 5.26 Å². The Bertz CT molecular complexity index is 266. The number of rotatable bonds is 2. The fraction of sp³-hybridized carbons (Fsp3) is 0.929. The molecule has 0 aromatic carbocycles. The van der Waals surface area contributed by atoms with E-state index in [1.54, 1.807) is 0 Å². The minimum Gasteiger partial charge on any atom is -0.298 e. The number of piperazine rings is 1. The molecule has 96 valence electrons. The average Bonchev–Trinajstić information content (AvgIpc) is 2.29. The normalized spacial score (nSPS) is 36.6. The molecule has 1 aliphatic carbocycles. The zero-order valence-electron chi connectivity index (χ0n) is 11.2. The van der Waals surface area contributed by atoms with Gasteiger partial charge in [0, 0.05) is 32.2 Å². The molecule has 2 fully saturated rings. The molecule has 3 heteroatoms. The van der Waals surface area contributed by atoms with Crippen molar-refractivity contribution in [3.63, 3.8) is 0 Å². The molecule has 17 heavy (non-hydrogen) atoms. The first-order valence-electron chi connectivity index (χ1n) is 7.02. The lowest BCUT2D eigenvalue weighted by Gasteiger charge is -2.43. The van der Waals surface area contributed by atoms with E-state index >= 15 is 0 Å². The van der Waals surface area contributed by atoms with Gasteiger partial charge in [-0.3, -0.25) is 9.80 Å². The van der Waals surface area contributed by atoms with Crippen LogP contribution in [0.2, 0.25) is 0 Å². The lowest BCUT2D eigenvalue weighted by atomic mass is 9.79. The lowest BCUT2D eigenvalue weighted by Crippen LogP contribution is -2.51. The van der Waals surface area contributed by atoms with E-state index in [2.05, 4.69) is 29.7 Å². The molecule has 2 unspecified atom stereocenters. The van der Waals surface area contributed by atoms with Crippen molar-refractivity contribution in [2.45, 2.75) is 39.2 Å². The van der Waals surface area contributed by atoms with Crippen LogP contribution in [0.1, 0.15) is 33.1 Å². The molecule has 1 saturated heterocycles. The topological polar surface area (TPSA) is 30.3 Å². The van der Waals surface area contributed by atoms with Gasteiger partial charge in [0.1, 0.15) is 0 Å². The molecule has 1 saturated carbocycles. The number of nitrogens with zero attached hydrogens (tertiary/aromatic N) is 3. The molecule has 0 aromatic rings. The van der Waals surface area contributed by atoms with Gasteiger partial charge in [-0.15, -0.1) is 0 Å². The van der Waals surface area contributed by atoms with Gasteiger partial charge < -0.3 is 0 Å². The summed E-state index contributed by atoms with van der Waals surface area (Å²) in [5.41, 5.74) is 0. The van der Waals surface area contributed by atoms with Gasteiger partial charge in [-0.05, 0) is 31.1 Å². The van der Waals surface area contributed by atoms with Crippen molar-refractivity contribution in [3.8, 4) is 6.07 Å². The monoisotopic (exact) mass is 235 g/mol. The molecule has 0 amide bonds. The van der Waals surface area contributed by atoms with E-state index < -0.39 is 0 Å². The van der Waals surface area contributed by atoms with Crippen LogP contribution in [-0.2, 0) is 0 Å². The van der Waals surface area contributed by atoms with Crippen LogP contribution >= 0.6 is 0 Å². The first-order chi connectivity index (χ1) is 8.19. The van der Waals surface area contributed by atoms with Crippen molar-refractivity contribution in [1.82, 2.24) is 9.80 Å². The maximum absolute atomic E-state index is 8.70. The highest BCUT2D eigenvalue weighted by Gasteiger charge is 2.30. The van der Waals surface area contributed by atoms with Gasteiger partial charge in [0.15, 0.2) is 0 Å². The molecular weight excluding hydrogens is 210 g/mol. The van der Waals surface area contributed by atoms with Crippen LogP contribution in [0.15, 0.2) is 0 Å². The van der Waals surface area contributed by atoms with E-state index in [1.807, 2.05) is 0 Å². The van der Waals surface area contributed by atoms with Gasteiger partial charge >= 0.3 is 0 Å². The molecule has 0 N–H and O–H groups in total. The minimum absolute atomic E-state index is 0.602. The Kier molecular flexibility index (Phi) is 4.42. The van der Waals surface area contributed by atoms with Crippen LogP contribution in [0, 0.1) is 23.2 Å². The Labute approximate surface area is 105 Å². The van der Waals surface area contributed by atoms with E-state index in [0.717, 1.165) is 44.1 Å². The van der Waals surface area contributed by atoms with Crippen molar-refractivity contribution in [2.24, 2.45) is 11.8 Å². The van der Waals surface area contributed by atoms with E-state index in [9.17, 15) is 0 Å². The maximum atomic E-state index is 8.70. The summed E-state index contributed by atoms with van der Waals surface area (Å²) >= 11 is 0. The average molecular weight is 235 g/mol. The van der Waals surface area contributed by atoms with Crippen LogP contribution in [-0.4, -0.2) is 48.6 Å². The van der Waals surface area contributed by atoms with E-state index in [0.29, 0.717) is 6.54 Å². The zero-order valence-corrected chi connectivity index (χ0v) is 11.2. The second-order valence-electron chi connectivity index (χ2n) is 6.04. The Morgan fingerprint density at radius 2 is 1.59 bits per heavy atom. The lowest BCUT2D eigenvalue weighted by molar-refractivity contribution is 0.0610. The smallest absolute Gasteiger partial charge is 0.0866 e. The number of nitriles is 1. The fourth-order valence-corrected chi connectivity index (χ4v) is 3.59. The van der Waals surface area contributed by atoms with Crippen molar-refractivity contribution >= 4 is 0 Å². The number of hydrogen-bond donors (Lipinski definition) is 0. The Balaban J connectivity index is 1.82. The molecule has 0 spiro atoms.